The van der Waals surface area contributed by atoms with Crippen molar-refractivity contribution in [3.05, 3.63) is 12.2 Å². The average Bonchev–Trinajstić information content (AvgIpc) is 2.11. The maximum Gasteiger partial charge on any atom is 0.530 e. The smallest absolute Gasteiger partial charge is 0.299 e. The van der Waals surface area contributed by atoms with Crippen LogP contribution >= 0.6 is 7.82 Å². The van der Waals surface area contributed by atoms with Gasteiger partial charge in [0, 0.05) is 0 Å². The summed E-state index contributed by atoms with van der Waals surface area (Å²) in [5.41, 5.74) is 0. The summed E-state index contributed by atoms with van der Waals surface area (Å²) >= 11 is 0. The third kappa shape index (κ3) is 6.98. The van der Waals surface area contributed by atoms with Crippen LogP contribution in [0.3, 0.4) is 0 Å². The summed E-state index contributed by atoms with van der Waals surface area (Å²) in [6.45, 7) is 0. The highest BCUT2D eigenvalue weighted by Gasteiger charge is 2.25. The predicted molar refractivity (Wildman–Crippen MR) is 34.2 cm³/mol. The van der Waals surface area contributed by atoms with Crippen LogP contribution in [0.4, 0.5) is 17.7 Å². The van der Waals surface area contributed by atoms with Crippen molar-refractivity contribution in [1.82, 2.24) is 0 Å². The molecule has 0 amide bonds. The van der Waals surface area contributed by atoms with E-state index < -0.39 is 20.6 Å². The van der Waals surface area contributed by atoms with Gasteiger partial charge in [-0.3, -0.25) is 4.89 Å². The largest absolute Gasteiger partial charge is 0.530 e. The third-order valence-electron chi connectivity index (χ3n) is 0.724. The van der Waals surface area contributed by atoms with Crippen LogP contribution in [0.25, 0.3) is 0 Å². The maximum atomic E-state index is 12.3. The molecule has 5 nitrogen and oxygen atoms in total. The molecule has 0 aliphatic carbocycles. The second-order valence-electron chi connectivity index (χ2n) is 1.78. The molecule has 0 bridgehead atoms. The topological polar surface area (TPSA) is 65.0 Å². The molecule has 10 heteroatoms. The summed E-state index contributed by atoms with van der Waals surface area (Å²) in [4.78, 5) is 11.5. The van der Waals surface area contributed by atoms with Crippen LogP contribution in [0.1, 0.15) is 0 Å². The van der Waals surface area contributed by atoms with E-state index in [2.05, 4.69) is 14.3 Å². The molecule has 0 fully saturated rings. The van der Waals surface area contributed by atoms with E-state index in [1.54, 1.807) is 0 Å². The van der Waals surface area contributed by atoms with Gasteiger partial charge >= 0.3 is 7.82 Å². The minimum Gasteiger partial charge on any atom is -0.299 e. The van der Waals surface area contributed by atoms with Crippen molar-refractivity contribution >= 4 is 7.82 Å². The molecule has 0 aromatic carbocycles. The zero-order valence-corrected chi connectivity index (χ0v) is 7.24. The fourth-order valence-corrected chi connectivity index (χ4v) is 0.524. The molecule has 0 radical (unpaired) electrons. The highest BCUT2D eigenvalue weighted by Crippen LogP contribution is 2.44. The van der Waals surface area contributed by atoms with Crippen LogP contribution in [0.2, 0.25) is 0 Å². The second-order valence-corrected chi connectivity index (χ2v) is 3.00. The predicted octanol–water partition coefficient (Wildman–Crippen LogP) is 2.05. The number of phosphoric acid groups is 1. The molecule has 0 aliphatic rings. The van der Waals surface area contributed by atoms with E-state index in [1.807, 2.05) is 0 Å². The molecule has 0 rings (SSSR count). The monoisotopic (exact) mass is 240 g/mol. The van der Waals surface area contributed by atoms with Crippen molar-refractivity contribution in [2.75, 3.05) is 0 Å². The van der Waals surface area contributed by atoms with Gasteiger partial charge < -0.3 is 0 Å². The van der Waals surface area contributed by atoms with Gasteiger partial charge in [-0.1, -0.05) is 4.73 Å². The van der Waals surface area contributed by atoms with Gasteiger partial charge in [0.05, 0.1) is 0 Å². The van der Waals surface area contributed by atoms with E-state index in [-0.39, 0.29) is 12.2 Å². The van der Waals surface area contributed by atoms with Crippen molar-refractivity contribution in [2.24, 2.45) is 0 Å². The van der Waals surface area contributed by atoms with Gasteiger partial charge in [0.2, 0.25) is 0 Å². The first kappa shape index (κ1) is 13.5. The van der Waals surface area contributed by atoms with E-state index in [0.717, 1.165) is 0 Å². The van der Waals surface area contributed by atoms with E-state index in [4.69, 9.17) is 4.89 Å². The van der Waals surface area contributed by atoms with Crippen molar-refractivity contribution in [3.8, 4) is 0 Å². The molecule has 2 unspecified atom stereocenters. The van der Waals surface area contributed by atoms with E-state index in [9.17, 15) is 22.3 Å². The molecule has 0 spiro atoms. The SMILES string of the molecule is O=P(O)(OF)OOC(F)C=CC(F)F. The number of halogens is 4. The van der Waals surface area contributed by atoms with E-state index in [1.165, 1.54) is 0 Å². The molecule has 14 heavy (non-hydrogen) atoms. The second kappa shape index (κ2) is 6.10. The summed E-state index contributed by atoms with van der Waals surface area (Å²) in [6.07, 6.45) is -5.16. The lowest BCUT2D eigenvalue weighted by atomic mass is 10.5. The average molecular weight is 240 g/mol. The molecule has 1 N–H and O–H groups in total. The van der Waals surface area contributed by atoms with Gasteiger partial charge in [0.15, 0.2) is 0 Å². The Labute approximate surface area is 75.3 Å². The van der Waals surface area contributed by atoms with Crippen LogP contribution in [0, 0.1) is 0 Å². The van der Waals surface area contributed by atoms with Gasteiger partial charge in [-0.2, -0.15) is 4.89 Å². The molecule has 0 saturated carbocycles. The highest BCUT2D eigenvalue weighted by atomic mass is 31.2. The normalized spacial score (nSPS) is 18.7. The summed E-state index contributed by atoms with van der Waals surface area (Å²) in [5, 5.41) is 0. The summed E-state index contributed by atoms with van der Waals surface area (Å²) in [7, 11) is -5.12. The first-order chi connectivity index (χ1) is 6.37. The first-order valence-electron chi connectivity index (χ1n) is 2.96. The number of rotatable bonds is 6. The summed E-state index contributed by atoms with van der Waals surface area (Å²) in [5.74, 6) is 0. The van der Waals surface area contributed by atoms with Crippen molar-refractivity contribution in [3.63, 3.8) is 0 Å². The lowest BCUT2D eigenvalue weighted by molar-refractivity contribution is -0.287. The fourth-order valence-electron chi connectivity index (χ4n) is 0.310. The minimum atomic E-state index is -5.12. The molecule has 0 heterocycles. The lowest BCUT2D eigenvalue weighted by Gasteiger charge is -2.05. The first-order valence-corrected chi connectivity index (χ1v) is 4.45. The Morgan fingerprint density at radius 2 is 1.86 bits per heavy atom. The molecule has 0 saturated heterocycles. The Hall–Kier alpha value is -0.470. The maximum absolute atomic E-state index is 12.3. The van der Waals surface area contributed by atoms with Gasteiger partial charge in [0.1, 0.15) is 0 Å². The Morgan fingerprint density at radius 3 is 2.29 bits per heavy atom. The number of hydrogen-bond acceptors (Lipinski definition) is 4. The van der Waals surface area contributed by atoms with Crippen molar-refractivity contribution in [2.45, 2.75) is 12.8 Å². The third-order valence-corrected chi connectivity index (χ3v) is 1.17. The Balaban J connectivity index is 3.85. The lowest BCUT2D eigenvalue weighted by Crippen LogP contribution is -2.03. The van der Waals surface area contributed by atoms with Crippen LogP contribution in [0.5, 0.6) is 0 Å². The Bertz CT molecular complexity index is 234. The van der Waals surface area contributed by atoms with Crippen molar-refractivity contribution < 1.29 is 41.4 Å². The summed E-state index contributed by atoms with van der Waals surface area (Å²) in [6, 6.07) is 0. The van der Waals surface area contributed by atoms with E-state index in [0.29, 0.717) is 0 Å². The molecule has 0 aromatic heterocycles. The Kier molecular flexibility index (Phi) is 5.89. The number of alkyl halides is 3. The van der Waals surface area contributed by atoms with Gasteiger partial charge in [0.25, 0.3) is 12.8 Å². The van der Waals surface area contributed by atoms with Gasteiger partial charge in [-0.15, -0.1) is 4.67 Å². The molecular weight excluding hydrogens is 235 g/mol. The van der Waals surface area contributed by atoms with Gasteiger partial charge in [-0.25, -0.2) is 17.7 Å². The molecule has 0 aromatic rings. The fraction of sp³-hybridized carbons (Fsp3) is 0.500. The molecule has 0 aliphatic heterocycles. The highest BCUT2D eigenvalue weighted by molar-refractivity contribution is 7.47. The van der Waals surface area contributed by atoms with Crippen LogP contribution in [-0.2, 0) is 18.9 Å². The number of hydrogen-bond donors (Lipinski definition) is 1. The minimum absolute atomic E-state index is 0.104. The standard InChI is InChI=1S/C4H5F4O5P/c5-3(6)1-2-4(7)11-13-14(9,10)12-8/h1-4H,(H,9,10). The molecular formula is C4H5F4O5P. The Morgan fingerprint density at radius 1 is 1.29 bits per heavy atom. The van der Waals surface area contributed by atoms with E-state index >= 15 is 0 Å². The molecule has 84 valence electrons. The van der Waals surface area contributed by atoms with Crippen molar-refractivity contribution in [1.29, 1.82) is 0 Å². The van der Waals surface area contributed by atoms with Gasteiger partial charge in [-0.05, 0) is 16.7 Å². The molecule has 2 atom stereocenters. The van der Waals surface area contributed by atoms with Crippen LogP contribution in [-0.4, -0.2) is 17.7 Å². The quantitative estimate of drug-likeness (QED) is 0.253. The zero-order chi connectivity index (χ0) is 11.2. The summed E-state index contributed by atoms with van der Waals surface area (Å²) < 4.78 is 61.8. The zero-order valence-electron chi connectivity index (χ0n) is 6.35. The van der Waals surface area contributed by atoms with Crippen LogP contribution < -0.4 is 0 Å². The number of allylic oxidation sites excluding steroid dienone is 1. The van der Waals surface area contributed by atoms with Crippen LogP contribution in [0.15, 0.2) is 12.2 Å².